The third-order valence-electron chi connectivity index (χ3n) is 6.61. The molecule has 0 aliphatic heterocycles. The molecule has 0 bridgehead atoms. The van der Waals surface area contributed by atoms with Crippen molar-refractivity contribution < 1.29 is 9.59 Å². The third kappa shape index (κ3) is 5.10. The van der Waals surface area contributed by atoms with Gasteiger partial charge in [0.2, 0.25) is 0 Å². The van der Waals surface area contributed by atoms with Gasteiger partial charge in [0.1, 0.15) is 5.00 Å². The van der Waals surface area contributed by atoms with Gasteiger partial charge in [-0.05, 0) is 79.3 Å². The highest BCUT2D eigenvalue weighted by molar-refractivity contribution is 7.17. The summed E-state index contributed by atoms with van der Waals surface area (Å²) < 4.78 is 0. The van der Waals surface area contributed by atoms with Gasteiger partial charge in [0.05, 0.1) is 5.56 Å². The standard InChI is InChI=1S/C29H34N2O2S/c1-18-10-9-11-19(2)25(18)30-27(33)24-22-12-7-6-8-13-23(22)34-28(24)31-26(32)20-14-16-21(17-15-20)29(3,4)5/h9-11,14-17H,6-8,12-13H2,1-5H3,(H,30,33)(H,31,32). The molecule has 2 N–H and O–H groups in total. The topological polar surface area (TPSA) is 58.2 Å². The number of hydrogen-bond donors (Lipinski definition) is 2. The molecule has 0 atom stereocenters. The van der Waals surface area contributed by atoms with E-state index in [0.29, 0.717) is 16.1 Å². The predicted octanol–water partition coefficient (Wildman–Crippen LogP) is 7.44. The summed E-state index contributed by atoms with van der Waals surface area (Å²) in [7, 11) is 0. The Hall–Kier alpha value is -2.92. The van der Waals surface area contributed by atoms with Gasteiger partial charge < -0.3 is 10.6 Å². The van der Waals surface area contributed by atoms with E-state index in [1.54, 1.807) is 11.3 Å². The molecule has 34 heavy (non-hydrogen) atoms. The van der Waals surface area contributed by atoms with Crippen LogP contribution in [0.1, 0.15) is 87.9 Å². The summed E-state index contributed by atoms with van der Waals surface area (Å²) in [5, 5.41) is 6.88. The van der Waals surface area contributed by atoms with E-state index in [2.05, 4.69) is 31.4 Å². The van der Waals surface area contributed by atoms with Crippen molar-refractivity contribution in [3.05, 3.63) is 80.7 Å². The molecule has 2 aromatic carbocycles. The molecule has 0 saturated heterocycles. The van der Waals surface area contributed by atoms with Crippen LogP contribution in [-0.2, 0) is 18.3 Å². The maximum Gasteiger partial charge on any atom is 0.258 e. The van der Waals surface area contributed by atoms with Gasteiger partial charge in [0.15, 0.2) is 0 Å². The smallest absolute Gasteiger partial charge is 0.258 e. The molecule has 0 radical (unpaired) electrons. The molecule has 5 heteroatoms. The minimum absolute atomic E-state index is 0.0271. The number of thiophene rings is 1. The number of carbonyl (C=O) groups is 2. The zero-order chi connectivity index (χ0) is 24.5. The van der Waals surface area contributed by atoms with Crippen molar-refractivity contribution in [1.29, 1.82) is 0 Å². The SMILES string of the molecule is Cc1cccc(C)c1NC(=O)c1c(NC(=O)c2ccc(C(C)(C)C)cc2)sc2c1CCCCC2. The van der Waals surface area contributed by atoms with Gasteiger partial charge in [-0.1, -0.05) is 57.5 Å². The minimum Gasteiger partial charge on any atom is -0.321 e. The van der Waals surface area contributed by atoms with Crippen molar-refractivity contribution in [2.24, 2.45) is 0 Å². The molecule has 4 rings (SSSR count). The van der Waals surface area contributed by atoms with E-state index in [1.165, 1.54) is 16.9 Å². The van der Waals surface area contributed by atoms with Crippen molar-refractivity contribution in [2.45, 2.75) is 72.1 Å². The first-order valence-corrected chi connectivity index (χ1v) is 12.9. The fraction of sp³-hybridized carbons (Fsp3) is 0.379. The lowest BCUT2D eigenvalue weighted by Gasteiger charge is -2.19. The van der Waals surface area contributed by atoms with Gasteiger partial charge >= 0.3 is 0 Å². The predicted molar refractivity (Wildman–Crippen MR) is 143 cm³/mol. The maximum absolute atomic E-state index is 13.6. The van der Waals surface area contributed by atoms with Gasteiger partial charge in [-0.15, -0.1) is 11.3 Å². The third-order valence-corrected chi connectivity index (χ3v) is 7.82. The van der Waals surface area contributed by atoms with E-state index in [9.17, 15) is 9.59 Å². The summed E-state index contributed by atoms with van der Waals surface area (Å²) in [6.07, 6.45) is 5.18. The fourth-order valence-electron chi connectivity index (χ4n) is 4.56. The number of para-hydroxylation sites is 1. The Kier molecular flexibility index (Phi) is 6.94. The molecule has 0 saturated carbocycles. The summed E-state index contributed by atoms with van der Waals surface area (Å²) in [4.78, 5) is 28.0. The van der Waals surface area contributed by atoms with Crippen LogP contribution in [0, 0.1) is 13.8 Å². The van der Waals surface area contributed by atoms with Crippen LogP contribution < -0.4 is 10.6 Å². The largest absolute Gasteiger partial charge is 0.321 e. The Morgan fingerprint density at radius 2 is 1.47 bits per heavy atom. The van der Waals surface area contributed by atoms with Crippen LogP contribution in [0.25, 0.3) is 0 Å². The van der Waals surface area contributed by atoms with Crippen LogP contribution >= 0.6 is 11.3 Å². The number of amides is 2. The zero-order valence-corrected chi connectivity index (χ0v) is 21.6. The molecule has 1 heterocycles. The molecule has 178 valence electrons. The summed E-state index contributed by atoms with van der Waals surface area (Å²) >= 11 is 1.56. The number of benzene rings is 2. The summed E-state index contributed by atoms with van der Waals surface area (Å²) in [5.74, 6) is -0.326. The van der Waals surface area contributed by atoms with E-state index >= 15 is 0 Å². The van der Waals surface area contributed by atoms with Crippen molar-refractivity contribution in [3.8, 4) is 0 Å². The Morgan fingerprint density at radius 3 is 2.12 bits per heavy atom. The number of nitrogens with one attached hydrogen (secondary N) is 2. The van der Waals surface area contributed by atoms with Gasteiger partial charge in [0.25, 0.3) is 11.8 Å². The Morgan fingerprint density at radius 1 is 0.824 bits per heavy atom. The Balaban J connectivity index is 1.66. The van der Waals surface area contributed by atoms with Crippen molar-refractivity contribution in [3.63, 3.8) is 0 Å². The maximum atomic E-state index is 13.6. The van der Waals surface area contributed by atoms with Crippen LogP contribution in [0.4, 0.5) is 10.7 Å². The number of anilines is 2. The molecular weight excluding hydrogens is 440 g/mol. The van der Waals surface area contributed by atoms with Crippen molar-refractivity contribution in [2.75, 3.05) is 10.6 Å². The average Bonchev–Trinajstić information content (AvgIpc) is 2.96. The van der Waals surface area contributed by atoms with Crippen LogP contribution in [0.3, 0.4) is 0 Å². The molecule has 0 fully saturated rings. The highest BCUT2D eigenvalue weighted by Gasteiger charge is 2.26. The number of aryl methyl sites for hydroxylation is 3. The Bertz CT molecular complexity index is 1200. The van der Waals surface area contributed by atoms with Gasteiger partial charge in [0, 0.05) is 16.1 Å². The van der Waals surface area contributed by atoms with Crippen molar-refractivity contribution >= 4 is 33.8 Å². The average molecular weight is 475 g/mol. The molecule has 1 aliphatic rings. The number of carbonyl (C=O) groups excluding carboxylic acids is 2. The molecule has 3 aromatic rings. The molecular formula is C29H34N2O2S. The lowest BCUT2D eigenvalue weighted by atomic mass is 9.87. The fourth-order valence-corrected chi connectivity index (χ4v) is 5.84. The van der Waals surface area contributed by atoms with E-state index in [4.69, 9.17) is 0 Å². The normalized spacial score (nSPS) is 13.7. The first kappa shape index (κ1) is 24.2. The molecule has 0 spiro atoms. The summed E-state index contributed by atoms with van der Waals surface area (Å²) in [5.41, 5.74) is 6.43. The van der Waals surface area contributed by atoms with Gasteiger partial charge in [-0.3, -0.25) is 9.59 Å². The second kappa shape index (κ2) is 9.75. The number of fused-ring (bicyclic) bond motifs is 1. The van der Waals surface area contributed by atoms with E-state index in [0.717, 1.165) is 48.1 Å². The lowest BCUT2D eigenvalue weighted by Crippen LogP contribution is -2.19. The number of hydrogen-bond acceptors (Lipinski definition) is 3. The second-order valence-electron chi connectivity index (χ2n) is 10.3. The summed E-state index contributed by atoms with van der Waals surface area (Å²) in [6, 6.07) is 13.7. The first-order chi connectivity index (χ1) is 16.1. The highest BCUT2D eigenvalue weighted by Crippen LogP contribution is 2.38. The second-order valence-corrected chi connectivity index (χ2v) is 11.4. The molecule has 1 aliphatic carbocycles. The molecule has 4 nitrogen and oxygen atoms in total. The minimum atomic E-state index is -0.182. The zero-order valence-electron chi connectivity index (χ0n) is 20.8. The quantitative estimate of drug-likeness (QED) is 0.386. The Labute approximate surface area is 206 Å². The van der Waals surface area contributed by atoms with Crippen LogP contribution in [0.2, 0.25) is 0 Å². The molecule has 2 amide bonds. The molecule has 1 aromatic heterocycles. The first-order valence-electron chi connectivity index (χ1n) is 12.1. The van der Waals surface area contributed by atoms with Crippen LogP contribution in [0.5, 0.6) is 0 Å². The molecule has 0 unspecified atom stereocenters. The summed E-state index contributed by atoms with van der Waals surface area (Å²) in [6.45, 7) is 10.5. The monoisotopic (exact) mass is 474 g/mol. The number of rotatable bonds is 4. The highest BCUT2D eigenvalue weighted by atomic mass is 32.1. The van der Waals surface area contributed by atoms with E-state index < -0.39 is 0 Å². The van der Waals surface area contributed by atoms with E-state index in [1.807, 2.05) is 56.3 Å². The van der Waals surface area contributed by atoms with Gasteiger partial charge in [-0.2, -0.15) is 0 Å². The van der Waals surface area contributed by atoms with E-state index in [-0.39, 0.29) is 17.2 Å². The van der Waals surface area contributed by atoms with Crippen LogP contribution in [0.15, 0.2) is 42.5 Å². The van der Waals surface area contributed by atoms with Gasteiger partial charge in [-0.25, -0.2) is 0 Å². The van der Waals surface area contributed by atoms with Crippen LogP contribution in [-0.4, -0.2) is 11.8 Å². The van der Waals surface area contributed by atoms with Crippen molar-refractivity contribution in [1.82, 2.24) is 0 Å². The lowest BCUT2D eigenvalue weighted by molar-refractivity contribution is 0.102.